The van der Waals surface area contributed by atoms with Crippen LogP contribution >= 0.6 is 11.3 Å². The predicted octanol–water partition coefficient (Wildman–Crippen LogP) is 4.97. The molecule has 3 aromatic rings. The van der Waals surface area contributed by atoms with Crippen molar-refractivity contribution >= 4 is 39.2 Å². The van der Waals surface area contributed by atoms with Crippen molar-refractivity contribution in [3.63, 3.8) is 0 Å². The van der Waals surface area contributed by atoms with E-state index in [0.717, 1.165) is 34.3 Å². The fourth-order valence-corrected chi connectivity index (χ4v) is 4.04. The van der Waals surface area contributed by atoms with Crippen LogP contribution in [0, 0.1) is 25.2 Å². The molecule has 0 saturated carbocycles. The van der Waals surface area contributed by atoms with E-state index in [2.05, 4.69) is 18.3 Å². The summed E-state index contributed by atoms with van der Waals surface area (Å²) >= 11 is 1.03. The lowest BCUT2D eigenvalue weighted by atomic mass is 10.1. The Bertz CT molecular complexity index is 1120. The van der Waals surface area contributed by atoms with Crippen molar-refractivity contribution in [2.24, 2.45) is 0 Å². The average molecular weight is 396 g/mol. The molecule has 0 fully saturated rings. The van der Waals surface area contributed by atoms with Crippen molar-refractivity contribution in [1.82, 2.24) is 0 Å². The molecule has 0 saturated heterocycles. The number of ether oxygens (including phenoxy) is 1. The van der Waals surface area contributed by atoms with Crippen LogP contribution in [0.15, 0.2) is 22.6 Å². The molecule has 3 rings (SSSR count). The number of carbonyl (C=O) groups is 2. The molecule has 2 aromatic heterocycles. The zero-order chi connectivity index (χ0) is 20.4. The summed E-state index contributed by atoms with van der Waals surface area (Å²) in [5.74, 6) is -0.773. The van der Waals surface area contributed by atoms with Gasteiger partial charge in [0.05, 0.1) is 12.2 Å². The molecule has 0 aliphatic heterocycles. The topological polar surface area (TPSA) is 92.3 Å². The lowest BCUT2D eigenvalue weighted by Crippen LogP contribution is -2.12. The van der Waals surface area contributed by atoms with Crippen LogP contribution in [-0.2, 0) is 11.2 Å². The van der Waals surface area contributed by atoms with Crippen molar-refractivity contribution in [2.75, 3.05) is 11.9 Å². The molecule has 0 atom stereocenters. The molecule has 0 bridgehead atoms. The van der Waals surface area contributed by atoms with Gasteiger partial charge in [0, 0.05) is 10.9 Å². The summed E-state index contributed by atoms with van der Waals surface area (Å²) in [4.78, 5) is 25.2. The van der Waals surface area contributed by atoms with Crippen LogP contribution in [0.1, 0.15) is 56.3 Å². The monoisotopic (exact) mass is 396 g/mol. The van der Waals surface area contributed by atoms with Crippen molar-refractivity contribution in [1.29, 1.82) is 5.26 Å². The van der Waals surface area contributed by atoms with Crippen LogP contribution < -0.4 is 5.32 Å². The third-order valence-corrected chi connectivity index (χ3v) is 5.75. The molecule has 6 nitrogen and oxygen atoms in total. The van der Waals surface area contributed by atoms with E-state index in [9.17, 15) is 14.9 Å². The van der Waals surface area contributed by atoms with Gasteiger partial charge in [-0.15, -0.1) is 11.3 Å². The number of hydrogen-bond acceptors (Lipinski definition) is 6. The Labute approximate surface area is 166 Å². The molecule has 0 aliphatic rings. The molecule has 0 radical (unpaired) electrons. The van der Waals surface area contributed by atoms with Crippen molar-refractivity contribution < 1.29 is 18.7 Å². The number of nitriles is 1. The van der Waals surface area contributed by atoms with E-state index in [0.29, 0.717) is 21.0 Å². The number of hydrogen-bond donors (Lipinski definition) is 1. The fourth-order valence-electron chi connectivity index (χ4n) is 2.99. The molecule has 28 heavy (non-hydrogen) atoms. The van der Waals surface area contributed by atoms with Crippen molar-refractivity contribution in [2.45, 2.75) is 34.1 Å². The molecule has 0 unspecified atom stereocenters. The Balaban J connectivity index is 1.96. The number of esters is 1. The average Bonchev–Trinajstić information content (AvgIpc) is 3.18. The smallest absolute Gasteiger partial charge is 0.348 e. The zero-order valence-electron chi connectivity index (χ0n) is 16.1. The second kappa shape index (κ2) is 7.87. The molecular formula is C21H20N2O4S. The second-order valence-electron chi connectivity index (χ2n) is 6.29. The quantitative estimate of drug-likeness (QED) is 0.614. The molecule has 1 amide bonds. The minimum Gasteiger partial charge on any atom is -0.462 e. The summed E-state index contributed by atoms with van der Waals surface area (Å²) in [5.41, 5.74) is 3.27. The number of anilines is 1. The maximum Gasteiger partial charge on any atom is 0.348 e. The number of benzene rings is 1. The zero-order valence-corrected chi connectivity index (χ0v) is 17.0. The Kier molecular flexibility index (Phi) is 5.52. The summed E-state index contributed by atoms with van der Waals surface area (Å²) in [6, 6.07) is 7.89. The number of fused-ring (bicyclic) bond motifs is 1. The van der Waals surface area contributed by atoms with Crippen LogP contribution in [0.2, 0.25) is 0 Å². The number of thiophene rings is 1. The van der Waals surface area contributed by atoms with Crippen molar-refractivity contribution in [3.8, 4) is 6.07 Å². The maximum absolute atomic E-state index is 12.8. The van der Waals surface area contributed by atoms with Crippen molar-refractivity contribution in [3.05, 3.63) is 51.1 Å². The van der Waals surface area contributed by atoms with Gasteiger partial charge in [0.2, 0.25) is 0 Å². The first-order valence-electron chi connectivity index (χ1n) is 8.95. The largest absolute Gasteiger partial charge is 0.462 e. The first kappa shape index (κ1) is 19.6. The third kappa shape index (κ3) is 3.39. The summed E-state index contributed by atoms with van der Waals surface area (Å²) in [6.45, 7) is 7.50. The number of rotatable bonds is 5. The van der Waals surface area contributed by atoms with Crippen LogP contribution in [0.4, 0.5) is 5.00 Å². The van der Waals surface area contributed by atoms with E-state index >= 15 is 0 Å². The van der Waals surface area contributed by atoms with Gasteiger partial charge in [0.25, 0.3) is 5.91 Å². The molecule has 1 aromatic carbocycles. The highest BCUT2D eigenvalue weighted by Gasteiger charge is 2.24. The number of aryl methyl sites for hydroxylation is 2. The Morgan fingerprint density at radius 2 is 2.00 bits per heavy atom. The third-order valence-electron chi connectivity index (χ3n) is 4.56. The molecule has 2 heterocycles. The standard InChI is InChI=1S/C21H20N2O4S/c1-5-13-7-8-16-14(9-13)11(3)17(27-16)19(24)23-20-15(10-22)12(4)18(28-20)21(25)26-6-2/h7-9H,5-6H2,1-4H3,(H,23,24). The molecule has 0 spiro atoms. The van der Waals surface area contributed by atoms with Gasteiger partial charge < -0.3 is 14.5 Å². The summed E-state index contributed by atoms with van der Waals surface area (Å²) in [5, 5.41) is 13.4. The number of nitrogens with one attached hydrogen (secondary N) is 1. The van der Waals surface area contributed by atoms with E-state index < -0.39 is 11.9 Å². The molecule has 7 heteroatoms. The first-order chi connectivity index (χ1) is 13.4. The van der Waals surface area contributed by atoms with Crippen LogP contribution in [0.25, 0.3) is 11.0 Å². The first-order valence-corrected chi connectivity index (χ1v) is 9.76. The van der Waals surface area contributed by atoms with Gasteiger partial charge in [0.1, 0.15) is 21.5 Å². The minimum absolute atomic E-state index is 0.191. The van der Waals surface area contributed by atoms with E-state index in [-0.39, 0.29) is 17.9 Å². The van der Waals surface area contributed by atoms with Gasteiger partial charge >= 0.3 is 5.97 Å². The van der Waals surface area contributed by atoms with Gasteiger partial charge in [-0.2, -0.15) is 5.26 Å². The molecule has 1 N–H and O–H groups in total. The highest BCUT2D eigenvalue weighted by atomic mass is 32.1. The highest BCUT2D eigenvalue weighted by molar-refractivity contribution is 7.18. The Morgan fingerprint density at radius 1 is 1.25 bits per heavy atom. The number of carbonyl (C=O) groups excluding carboxylic acids is 2. The van der Waals surface area contributed by atoms with Gasteiger partial charge in [-0.05, 0) is 50.5 Å². The summed E-state index contributed by atoms with van der Waals surface area (Å²) < 4.78 is 10.8. The van der Waals surface area contributed by atoms with Gasteiger partial charge in [-0.25, -0.2) is 4.79 Å². The summed E-state index contributed by atoms with van der Waals surface area (Å²) in [7, 11) is 0. The van der Waals surface area contributed by atoms with E-state index in [4.69, 9.17) is 9.15 Å². The number of amides is 1. The Hall–Kier alpha value is -3.11. The van der Waals surface area contributed by atoms with Gasteiger partial charge in [0.15, 0.2) is 5.76 Å². The summed E-state index contributed by atoms with van der Waals surface area (Å²) in [6.07, 6.45) is 0.888. The van der Waals surface area contributed by atoms with E-state index in [1.807, 2.05) is 25.1 Å². The highest BCUT2D eigenvalue weighted by Crippen LogP contribution is 2.34. The fraction of sp³-hybridized carbons (Fsp3) is 0.286. The molecule has 0 aliphatic carbocycles. The van der Waals surface area contributed by atoms with Crippen LogP contribution in [-0.4, -0.2) is 18.5 Å². The minimum atomic E-state index is -0.506. The SMILES string of the molecule is CCOC(=O)c1sc(NC(=O)c2oc3ccc(CC)cc3c2C)c(C#N)c1C. The van der Waals surface area contributed by atoms with Crippen LogP contribution in [0.5, 0.6) is 0 Å². The lowest BCUT2D eigenvalue weighted by molar-refractivity contribution is 0.0531. The second-order valence-corrected chi connectivity index (χ2v) is 7.31. The normalized spacial score (nSPS) is 10.7. The maximum atomic E-state index is 12.8. The van der Waals surface area contributed by atoms with Gasteiger partial charge in [-0.1, -0.05) is 13.0 Å². The predicted molar refractivity (Wildman–Crippen MR) is 108 cm³/mol. The Morgan fingerprint density at radius 3 is 2.64 bits per heavy atom. The number of nitrogens with zero attached hydrogens (tertiary/aromatic N) is 1. The van der Waals surface area contributed by atoms with E-state index in [1.165, 1.54) is 0 Å². The number of furan rings is 1. The van der Waals surface area contributed by atoms with Crippen LogP contribution in [0.3, 0.4) is 0 Å². The molecular weight excluding hydrogens is 376 g/mol. The van der Waals surface area contributed by atoms with Gasteiger partial charge in [-0.3, -0.25) is 4.79 Å². The lowest BCUT2D eigenvalue weighted by Gasteiger charge is -2.01. The molecule has 144 valence electrons. The van der Waals surface area contributed by atoms with E-state index in [1.54, 1.807) is 13.8 Å².